The summed E-state index contributed by atoms with van der Waals surface area (Å²) in [6.07, 6.45) is 0.967. The van der Waals surface area contributed by atoms with Crippen molar-refractivity contribution in [2.75, 3.05) is 44.3 Å². The summed E-state index contributed by atoms with van der Waals surface area (Å²) >= 11 is 1.69. The van der Waals surface area contributed by atoms with E-state index in [1.165, 1.54) is 14.2 Å². The van der Waals surface area contributed by atoms with Gasteiger partial charge in [0.05, 0.1) is 44.3 Å². The largest absolute Gasteiger partial charge is 0.497 e. The summed E-state index contributed by atoms with van der Waals surface area (Å²) in [5.41, 5.74) is 3.65. The molecular weight excluding hydrogens is 540 g/mol. The number of carbonyl (C=O) groups is 2. The van der Waals surface area contributed by atoms with Crippen molar-refractivity contribution >= 4 is 40.1 Å². The molecule has 2 aliphatic rings. The van der Waals surface area contributed by atoms with Gasteiger partial charge in [-0.25, -0.2) is 4.99 Å². The number of thioether (sulfide) groups is 1. The van der Waals surface area contributed by atoms with Crippen LogP contribution in [0.5, 0.6) is 17.2 Å². The standard InChI is InChI=1S/C31H32N4O5S/c1-19-27(30(37)34-25-11-5-6-12-26(25)40-4)28(35-13-8-14-41-31(35)32-19)20-9-7-10-22(15-20)33-29(36)21-16-23(38-2)18-24(17-21)39-3/h5-7,9-12,15-18,28H,8,13-14H2,1-4H3,(H,33,36)(H,34,37). The molecular formula is C31H32N4O5S. The summed E-state index contributed by atoms with van der Waals surface area (Å²) < 4.78 is 16.1. The van der Waals surface area contributed by atoms with Crippen LogP contribution >= 0.6 is 11.8 Å². The number of amidine groups is 1. The number of methoxy groups -OCH3 is 3. The Kier molecular flexibility index (Phi) is 8.49. The summed E-state index contributed by atoms with van der Waals surface area (Å²) in [6.45, 7) is 2.63. The molecule has 0 aliphatic carbocycles. The number of ether oxygens (including phenoxy) is 3. The van der Waals surface area contributed by atoms with Crippen molar-refractivity contribution in [2.45, 2.75) is 19.4 Å². The minimum Gasteiger partial charge on any atom is -0.497 e. The van der Waals surface area contributed by atoms with E-state index in [1.807, 2.05) is 43.3 Å². The van der Waals surface area contributed by atoms with Gasteiger partial charge in [0.1, 0.15) is 17.2 Å². The van der Waals surface area contributed by atoms with E-state index in [1.54, 1.807) is 49.2 Å². The molecule has 2 aliphatic heterocycles. The van der Waals surface area contributed by atoms with E-state index in [2.05, 4.69) is 15.5 Å². The molecule has 1 saturated heterocycles. The third kappa shape index (κ3) is 6.02. The molecule has 2 heterocycles. The zero-order chi connectivity index (χ0) is 28.9. The predicted molar refractivity (Wildman–Crippen MR) is 162 cm³/mol. The highest BCUT2D eigenvalue weighted by molar-refractivity contribution is 8.13. The minimum atomic E-state index is -0.390. The number of rotatable bonds is 8. The van der Waals surface area contributed by atoms with E-state index < -0.39 is 6.04 Å². The van der Waals surface area contributed by atoms with E-state index in [-0.39, 0.29) is 11.8 Å². The lowest BCUT2D eigenvalue weighted by Crippen LogP contribution is -2.43. The van der Waals surface area contributed by atoms with Crippen molar-refractivity contribution in [3.63, 3.8) is 0 Å². The molecule has 0 saturated carbocycles. The normalized spacial score (nSPS) is 16.3. The van der Waals surface area contributed by atoms with Crippen LogP contribution in [-0.4, -0.2) is 55.5 Å². The zero-order valence-corrected chi connectivity index (χ0v) is 24.2. The summed E-state index contributed by atoms with van der Waals surface area (Å²) in [7, 11) is 4.65. The van der Waals surface area contributed by atoms with Gasteiger partial charge in [-0.05, 0) is 55.3 Å². The Bertz CT molecular complexity index is 1510. The Morgan fingerprint density at radius 3 is 2.39 bits per heavy atom. The molecule has 1 fully saturated rings. The fourth-order valence-corrected chi connectivity index (χ4v) is 5.99. The number of nitrogens with one attached hydrogen (secondary N) is 2. The predicted octanol–water partition coefficient (Wildman–Crippen LogP) is 5.73. The summed E-state index contributed by atoms with van der Waals surface area (Å²) in [5.74, 6) is 2.02. The lowest BCUT2D eigenvalue weighted by molar-refractivity contribution is -0.113. The van der Waals surface area contributed by atoms with Crippen molar-refractivity contribution in [2.24, 2.45) is 4.99 Å². The Morgan fingerprint density at radius 2 is 1.66 bits per heavy atom. The Morgan fingerprint density at radius 1 is 0.902 bits per heavy atom. The number of para-hydroxylation sites is 2. The number of hydrogen-bond donors (Lipinski definition) is 2. The number of anilines is 2. The van der Waals surface area contributed by atoms with Crippen LogP contribution < -0.4 is 24.8 Å². The maximum absolute atomic E-state index is 13.9. The third-order valence-corrected chi connectivity index (χ3v) is 8.01. The second-order valence-corrected chi connectivity index (χ2v) is 10.6. The van der Waals surface area contributed by atoms with Crippen LogP contribution in [0.3, 0.4) is 0 Å². The molecule has 0 aromatic heterocycles. The third-order valence-electron chi connectivity index (χ3n) is 6.93. The van der Waals surface area contributed by atoms with Crippen molar-refractivity contribution < 1.29 is 23.8 Å². The number of amides is 2. The molecule has 0 bridgehead atoms. The fraction of sp³-hybridized carbons (Fsp3) is 0.258. The molecule has 2 N–H and O–H groups in total. The lowest BCUT2D eigenvalue weighted by Gasteiger charge is -2.41. The van der Waals surface area contributed by atoms with Crippen LogP contribution in [-0.2, 0) is 4.79 Å². The van der Waals surface area contributed by atoms with E-state index in [4.69, 9.17) is 19.2 Å². The van der Waals surface area contributed by atoms with Gasteiger partial charge in [0.2, 0.25) is 0 Å². The van der Waals surface area contributed by atoms with Crippen molar-refractivity contribution in [1.29, 1.82) is 0 Å². The number of carbonyl (C=O) groups excluding carboxylic acids is 2. The first kappa shape index (κ1) is 28.1. The molecule has 0 radical (unpaired) electrons. The minimum absolute atomic E-state index is 0.256. The SMILES string of the molecule is COc1cc(OC)cc(C(=O)Nc2cccc(C3C(C(=O)Nc4ccccc4OC)=C(C)N=C4SCCCN43)c2)c1. The maximum atomic E-state index is 13.9. The number of fused-ring (bicyclic) bond motifs is 1. The smallest absolute Gasteiger partial charge is 0.255 e. The quantitative estimate of drug-likeness (QED) is 0.356. The van der Waals surface area contributed by atoms with Crippen LogP contribution in [0.15, 0.2) is 83.0 Å². The summed E-state index contributed by atoms with van der Waals surface area (Å²) in [6, 6.07) is 19.5. The fourth-order valence-electron chi connectivity index (χ4n) is 4.97. The van der Waals surface area contributed by atoms with Gasteiger partial charge in [0.25, 0.3) is 11.8 Å². The van der Waals surface area contributed by atoms with E-state index in [9.17, 15) is 9.59 Å². The molecule has 1 unspecified atom stereocenters. The molecule has 3 aromatic carbocycles. The molecule has 0 spiro atoms. The van der Waals surface area contributed by atoms with E-state index >= 15 is 0 Å². The highest BCUT2D eigenvalue weighted by Gasteiger charge is 2.37. The highest BCUT2D eigenvalue weighted by Crippen LogP contribution is 2.41. The van der Waals surface area contributed by atoms with Crippen LogP contribution in [0.25, 0.3) is 0 Å². The van der Waals surface area contributed by atoms with Gasteiger partial charge >= 0.3 is 0 Å². The number of nitrogens with zero attached hydrogens (tertiary/aromatic N) is 2. The van der Waals surface area contributed by atoms with Gasteiger partial charge in [-0.15, -0.1) is 0 Å². The molecule has 10 heteroatoms. The van der Waals surface area contributed by atoms with Gasteiger partial charge in [0.15, 0.2) is 5.17 Å². The molecule has 5 rings (SSSR count). The lowest BCUT2D eigenvalue weighted by atomic mass is 9.93. The maximum Gasteiger partial charge on any atom is 0.255 e. The molecule has 3 aromatic rings. The van der Waals surface area contributed by atoms with Gasteiger partial charge in [-0.1, -0.05) is 36.0 Å². The highest BCUT2D eigenvalue weighted by atomic mass is 32.2. The van der Waals surface area contributed by atoms with Crippen LogP contribution in [0.4, 0.5) is 11.4 Å². The first-order valence-electron chi connectivity index (χ1n) is 13.2. The van der Waals surface area contributed by atoms with Gasteiger partial charge < -0.3 is 29.7 Å². The molecule has 1 atom stereocenters. The van der Waals surface area contributed by atoms with Crippen LogP contribution in [0, 0.1) is 0 Å². The molecule has 2 amide bonds. The second kappa shape index (κ2) is 12.4. The van der Waals surface area contributed by atoms with Crippen molar-refractivity contribution in [3.05, 3.63) is 89.1 Å². The average Bonchev–Trinajstić information content (AvgIpc) is 3.00. The molecule has 41 heavy (non-hydrogen) atoms. The Balaban J connectivity index is 1.48. The average molecular weight is 573 g/mol. The topological polar surface area (TPSA) is 101 Å². The van der Waals surface area contributed by atoms with E-state index in [0.717, 1.165) is 29.4 Å². The van der Waals surface area contributed by atoms with Gasteiger partial charge in [0, 0.05) is 29.6 Å². The first-order valence-corrected chi connectivity index (χ1v) is 14.2. The Hall–Kier alpha value is -4.44. The number of benzene rings is 3. The van der Waals surface area contributed by atoms with Crippen molar-refractivity contribution in [3.8, 4) is 17.2 Å². The summed E-state index contributed by atoms with van der Waals surface area (Å²) in [5, 5.41) is 6.91. The number of aliphatic imine (C=N–C) groups is 1. The van der Waals surface area contributed by atoms with Gasteiger partial charge in [-0.2, -0.15) is 0 Å². The first-order chi connectivity index (χ1) is 19.9. The van der Waals surface area contributed by atoms with E-state index in [0.29, 0.717) is 45.5 Å². The number of hydrogen-bond acceptors (Lipinski definition) is 8. The van der Waals surface area contributed by atoms with Gasteiger partial charge in [-0.3, -0.25) is 9.59 Å². The van der Waals surface area contributed by atoms with Crippen LogP contribution in [0.1, 0.15) is 35.3 Å². The zero-order valence-electron chi connectivity index (χ0n) is 23.4. The second-order valence-electron chi connectivity index (χ2n) is 9.53. The molecule has 9 nitrogen and oxygen atoms in total. The van der Waals surface area contributed by atoms with Crippen molar-refractivity contribution in [1.82, 2.24) is 4.90 Å². The number of allylic oxidation sites excluding steroid dienone is 1. The Labute approximate surface area is 243 Å². The molecule has 212 valence electrons. The monoisotopic (exact) mass is 572 g/mol. The van der Waals surface area contributed by atoms with Crippen LogP contribution in [0.2, 0.25) is 0 Å². The summed E-state index contributed by atoms with van der Waals surface area (Å²) in [4.78, 5) is 34.0.